The number of aryl methyl sites for hydroxylation is 2. The standard InChI is InChI=1S/C56H44N2/c1-39-19-23-41(24-20-39)27-29-43-31-35-45(36-32-43)49-15-9-17-51-53(49)57(47-11-5-3-6-12-47)56-52-18-10-16-50(54(52)58(55(51)56)48-13-7-4-8-14-48)46-37-33-44(34-38-46)30-28-42-25-21-40(2)22-26-42/h3-15,17-38,50H,16H2,1-2H3/b29-27+,30-28+. The Bertz CT molecular complexity index is 2970. The van der Waals surface area contributed by atoms with E-state index in [9.17, 15) is 0 Å². The van der Waals surface area contributed by atoms with E-state index in [1.54, 1.807) is 0 Å². The molecular weight excluding hydrogens is 701 g/mol. The number of benzene rings is 7. The molecular formula is C56H44N2. The van der Waals surface area contributed by atoms with Crippen molar-refractivity contribution < 1.29 is 0 Å². The second-order valence-electron chi connectivity index (χ2n) is 15.5. The maximum absolute atomic E-state index is 2.56. The quantitative estimate of drug-likeness (QED) is 0.137. The van der Waals surface area contributed by atoms with Crippen LogP contribution >= 0.6 is 0 Å². The van der Waals surface area contributed by atoms with Crippen LogP contribution in [0.4, 0.5) is 0 Å². The Hall–Kier alpha value is -7.16. The van der Waals surface area contributed by atoms with Crippen LogP contribution in [0.1, 0.15) is 62.5 Å². The average Bonchev–Trinajstić information content (AvgIpc) is 3.80. The van der Waals surface area contributed by atoms with Gasteiger partial charge in [0.1, 0.15) is 0 Å². The second-order valence-corrected chi connectivity index (χ2v) is 15.5. The van der Waals surface area contributed by atoms with Crippen LogP contribution in [0.25, 0.3) is 74.8 Å². The smallest absolute Gasteiger partial charge is 0.0801 e. The van der Waals surface area contributed by atoms with Crippen LogP contribution in [0.2, 0.25) is 0 Å². The van der Waals surface area contributed by atoms with Crippen molar-refractivity contribution >= 4 is 52.3 Å². The predicted octanol–water partition coefficient (Wildman–Crippen LogP) is 14.7. The molecule has 0 aliphatic heterocycles. The molecule has 0 saturated heterocycles. The van der Waals surface area contributed by atoms with Gasteiger partial charge in [-0.3, -0.25) is 0 Å². The maximum atomic E-state index is 2.56. The summed E-state index contributed by atoms with van der Waals surface area (Å²) in [6.07, 6.45) is 14.5. The number of aromatic nitrogens is 2. The molecule has 2 nitrogen and oxygen atoms in total. The highest BCUT2D eigenvalue weighted by Crippen LogP contribution is 2.48. The molecule has 2 heterocycles. The fourth-order valence-electron chi connectivity index (χ4n) is 8.66. The third-order valence-electron chi connectivity index (χ3n) is 11.6. The first-order chi connectivity index (χ1) is 28.6. The van der Waals surface area contributed by atoms with Crippen molar-refractivity contribution in [3.63, 3.8) is 0 Å². The topological polar surface area (TPSA) is 9.86 Å². The van der Waals surface area contributed by atoms with Crippen molar-refractivity contribution in [3.05, 3.63) is 232 Å². The molecule has 0 bridgehead atoms. The van der Waals surface area contributed by atoms with Gasteiger partial charge in [-0.05, 0) is 77.9 Å². The van der Waals surface area contributed by atoms with Gasteiger partial charge in [0.2, 0.25) is 0 Å². The van der Waals surface area contributed by atoms with Crippen molar-refractivity contribution in [3.8, 4) is 22.5 Å². The summed E-state index contributed by atoms with van der Waals surface area (Å²) in [5, 5.41) is 1.24. The van der Waals surface area contributed by atoms with Gasteiger partial charge < -0.3 is 9.13 Å². The average molecular weight is 745 g/mol. The lowest BCUT2D eigenvalue weighted by atomic mass is 9.86. The monoisotopic (exact) mass is 744 g/mol. The summed E-state index contributed by atoms with van der Waals surface area (Å²) in [5.74, 6) is 0.186. The van der Waals surface area contributed by atoms with Gasteiger partial charge in [-0.2, -0.15) is 0 Å². The van der Waals surface area contributed by atoms with E-state index in [-0.39, 0.29) is 5.92 Å². The molecule has 10 rings (SSSR count). The van der Waals surface area contributed by atoms with Gasteiger partial charge >= 0.3 is 0 Å². The van der Waals surface area contributed by atoms with E-state index in [2.05, 4.69) is 235 Å². The molecule has 0 N–H and O–H groups in total. The predicted molar refractivity (Wildman–Crippen MR) is 248 cm³/mol. The van der Waals surface area contributed by atoms with Gasteiger partial charge in [0.15, 0.2) is 0 Å². The lowest BCUT2D eigenvalue weighted by Crippen LogP contribution is -2.11. The number of nitrogens with zero attached hydrogens (tertiary/aromatic N) is 2. The molecule has 9 aromatic rings. The number of fused-ring (bicyclic) bond motifs is 5. The van der Waals surface area contributed by atoms with Crippen molar-refractivity contribution in [2.24, 2.45) is 0 Å². The number of allylic oxidation sites excluding steroid dienone is 1. The van der Waals surface area contributed by atoms with Crippen molar-refractivity contribution in [2.75, 3.05) is 0 Å². The highest BCUT2D eigenvalue weighted by Gasteiger charge is 2.32. The summed E-state index contributed by atoms with van der Waals surface area (Å²) in [4.78, 5) is 0. The van der Waals surface area contributed by atoms with Crippen LogP contribution < -0.4 is 0 Å². The Balaban J connectivity index is 1.14. The summed E-state index contributed by atoms with van der Waals surface area (Å²) >= 11 is 0. The minimum Gasteiger partial charge on any atom is -0.310 e. The zero-order valence-corrected chi connectivity index (χ0v) is 32.9. The molecule has 1 aliphatic carbocycles. The van der Waals surface area contributed by atoms with Crippen LogP contribution in [-0.2, 0) is 0 Å². The van der Waals surface area contributed by atoms with Crippen LogP contribution in [0, 0.1) is 13.8 Å². The fourth-order valence-corrected chi connectivity index (χ4v) is 8.66. The lowest BCUT2D eigenvalue weighted by Gasteiger charge is -2.24. The molecule has 0 spiro atoms. The van der Waals surface area contributed by atoms with E-state index >= 15 is 0 Å². The van der Waals surface area contributed by atoms with Crippen LogP contribution in [0.5, 0.6) is 0 Å². The molecule has 2 aromatic heterocycles. The molecule has 0 fully saturated rings. The van der Waals surface area contributed by atoms with Gasteiger partial charge in [0.05, 0.1) is 16.6 Å². The molecule has 1 atom stereocenters. The first-order valence-electron chi connectivity index (χ1n) is 20.3. The van der Waals surface area contributed by atoms with Gasteiger partial charge in [-0.25, -0.2) is 0 Å². The number of hydrogen-bond donors (Lipinski definition) is 0. The second kappa shape index (κ2) is 15.1. The number of hydrogen-bond acceptors (Lipinski definition) is 0. The molecule has 0 radical (unpaired) electrons. The minimum atomic E-state index is 0.186. The first kappa shape index (κ1) is 35.3. The molecule has 0 saturated carbocycles. The Kier molecular flexibility index (Phi) is 9.16. The molecule has 1 unspecified atom stereocenters. The Morgan fingerprint density at radius 2 is 0.948 bits per heavy atom. The third kappa shape index (κ3) is 6.53. The molecule has 1 aliphatic rings. The van der Waals surface area contributed by atoms with E-state index in [4.69, 9.17) is 0 Å². The normalized spacial score (nSPS) is 13.9. The number of para-hydroxylation sites is 3. The Labute approximate surface area is 341 Å². The van der Waals surface area contributed by atoms with E-state index in [0.29, 0.717) is 0 Å². The van der Waals surface area contributed by atoms with Gasteiger partial charge in [-0.1, -0.05) is 199 Å². The zero-order chi connectivity index (χ0) is 39.0. The lowest BCUT2D eigenvalue weighted by molar-refractivity contribution is 0.764. The van der Waals surface area contributed by atoms with E-state index in [0.717, 1.165) is 12.1 Å². The third-order valence-corrected chi connectivity index (χ3v) is 11.6. The molecule has 278 valence electrons. The fraction of sp³-hybridized carbons (Fsp3) is 0.0714. The summed E-state index contributed by atoms with van der Waals surface area (Å²) in [6.45, 7) is 4.25. The van der Waals surface area contributed by atoms with Crippen LogP contribution in [0.3, 0.4) is 0 Å². The van der Waals surface area contributed by atoms with Gasteiger partial charge in [0.25, 0.3) is 0 Å². The molecule has 7 aromatic carbocycles. The van der Waals surface area contributed by atoms with E-state index in [1.165, 1.54) is 89.0 Å². The highest BCUT2D eigenvalue weighted by atomic mass is 15.1. The highest BCUT2D eigenvalue weighted by molar-refractivity contribution is 6.16. The van der Waals surface area contributed by atoms with E-state index in [1.807, 2.05) is 0 Å². The summed E-state index contributed by atoms with van der Waals surface area (Å²) in [5.41, 5.74) is 19.7. The summed E-state index contributed by atoms with van der Waals surface area (Å²) < 4.78 is 5.09. The molecule has 58 heavy (non-hydrogen) atoms. The SMILES string of the molecule is Cc1ccc(/C=C/c2ccc(-c3cccc4c5c(c6c(n5-c5ccccc5)C(c5ccc(/C=C/c7ccc(C)cc7)cc5)CC=C6)n(-c5ccccc5)c34)cc2)cc1. The van der Waals surface area contributed by atoms with Crippen molar-refractivity contribution in [1.29, 1.82) is 0 Å². The minimum absolute atomic E-state index is 0.186. The molecule has 0 amide bonds. The zero-order valence-electron chi connectivity index (χ0n) is 32.9. The summed E-state index contributed by atoms with van der Waals surface area (Å²) in [7, 11) is 0. The summed E-state index contributed by atoms with van der Waals surface area (Å²) in [6, 6.07) is 64.2. The first-order valence-corrected chi connectivity index (χ1v) is 20.3. The van der Waals surface area contributed by atoms with E-state index < -0.39 is 0 Å². The van der Waals surface area contributed by atoms with Crippen molar-refractivity contribution in [2.45, 2.75) is 26.2 Å². The van der Waals surface area contributed by atoms with Gasteiger partial charge in [0, 0.05) is 39.5 Å². The van der Waals surface area contributed by atoms with Crippen molar-refractivity contribution in [1.82, 2.24) is 9.13 Å². The molecule has 2 heteroatoms. The number of rotatable bonds is 8. The maximum Gasteiger partial charge on any atom is 0.0801 e. The Morgan fingerprint density at radius 3 is 1.50 bits per heavy atom. The Morgan fingerprint density at radius 1 is 0.448 bits per heavy atom. The van der Waals surface area contributed by atoms with Crippen LogP contribution in [-0.4, -0.2) is 9.13 Å². The largest absolute Gasteiger partial charge is 0.310 e. The van der Waals surface area contributed by atoms with Crippen LogP contribution in [0.15, 0.2) is 182 Å². The van der Waals surface area contributed by atoms with Gasteiger partial charge in [-0.15, -0.1) is 0 Å².